The summed E-state index contributed by atoms with van der Waals surface area (Å²) in [6.45, 7) is 0. The number of allylic oxidation sites excluding steroid dienone is 1. The van der Waals surface area contributed by atoms with E-state index in [1.807, 2.05) is 6.07 Å². The number of phenols is 1. The van der Waals surface area contributed by atoms with Crippen molar-refractivity contribution in [2.75, 3.05) is 12.4 Å². The van der Waals surface area contributed by atoms with Crippen LogP contribution < -0.4 is 10.8 Å². The zero-order chi connectivity index (χ0) is 23.5. The van der Waals surface area contributed by atoms with Gasteiger partial charge in [0.1, 0.15) is 5.75 Å². The number of anilines is 1. The molecule has 0 saturated heterocycles. The number of hydrogen-bond acceptors (Lipinski definition) is 7. The summed E-state index contributed by atoms with van der Waals surface area (Å²) in [4.78, 5) is 23.7. The van der Waals surface area contributed by atoms with Gasteiger partial charge in [-0.2, -0.15) is 5.26 Å². The number of ether oxygens (including phenoxy) is 2. The van der Waals surface area contributed by atoms with Crippen LogP contribution in [-0.4, -0.2) is 35.5 Å². The highest BCUT2D eigenvalue weighted by atomic mass is 127. The van der Waals surface area contributed by atoms with Crippen LogP contribution >= 0.6 is 22.6 Å². The number of methoxy groups -OCH3 is 1. The number of phenolic OH excluding ortho intramolecular Hbond substituents is 1. The zero-order valence-corrected chi connectivity index (χ0v) is 19.3. The molecule has 0 aliphatic rings. The van der Waals surface area contributed by atoms with Crippen LogP contribution in [0.4, 0.5) is 10.5 Å². The first-order chi connectivity index (χ1) is 15.4. The van der Waals surface area contributed by atoms with E-state index in [0.717, 1.165) is 3.57 Å². The molecule has 0 radical (unpaired) electrons. The molecule has 2 rings (SSSR count). The van der Waals surface area contributed by atoms with Crippen LogP contribution in [0.25, 0.3) is 0 Å². The third-order valence-corrected chi connectivity index (χ3v) is 5.10. The van der Waals surface area contributed by atoms with Crippen molar-refractivity contribution < 1.29 is 29.4 Å². The van der Waals surface area contributed by atoms with Gasteiger partial charge in [0, 0.05) is 28.0 Å². The molecule has 0 heterocycles. The maximum atomic E-state index is 12.6. The van der Waals surface area contributed by atoms with Crippen LogP contribution in [0, 0.1) is 14.9 Å². The molecule has 0 spiro atoms. The van der Waals surface area contributed by atoms with E-state index in [9.17, 15) is 14.7 Å². The Morgan fingerprint density at radius 2 is 1.97 bits per heavy atom. The summed E-state index contributed by atoms with van der Waals surface area (Å²) in [7, 11) is 1.45. The minimum absolute atomic E-state index is 0.0566. The number of carbonyl (C=O) groups is 2. The minimum atomic E-state index is -0.951. The minimum Gasteiger partial charge on any atom is -0.508 e. The van der Waals surface area contributed by atoms with Gasteiger partial charge in [0.2, 0.25) is 0 Å². The summed E-state index contributed by atoms with van der Waals surface area (Å²) in [6, 6.07) is 13.2. The monoisotopic (exact) mass is 551 g/mol. The zero-order valence-electron chi connectivity index (χ0n) is 17.1. The van der Waals surface area contributed by atoms with E-state index in [0.29, 0.717) is 29.7 Å². The van der Waals surface area contributed by atoms with E-state index in [-0.39, 0.29) is 5.75 Å². The van der Waals surface area contributed by atoms with Gasteiger partial charge in [-0.25, -0.2) is 10.3 Å². The number of aromatic hydroxyl groups is 1. The van der Waals surface area contributed by atoms with Crippen LogP contribution in [0.1, 0.15) is 30.1 Å². The van der Waals surface area contributed by atoms with Crippen molar-refractivity contribution in [3.8, 4) is 11.8 Å². The summed E-state index contributed by atoms with van der Waals surface area (Å²) in [6.07, 6.45) is 1.08. The number of halogens is 1. The lowest BCUT2D eigenvalue weighted by molar-refractivity contribution is -0.124. The second-order valence-corrected chi connectivity index (χ2v) is 7.82. The Balaban J connectivity index is 2.21. The van der Waals surface area contributed by atoms with Gasteiger partial charge in [0.15, 0.2) is 6.10 Å². The van der Waals surface area contributed by atoms with Crippen LogP contribution in [0.5, 0.6) is 5.75 Å². The largest absolute Gasteiger partial charge is 0.508 e. The lowest BCUT2D eigenvalue weighted by atomic mass is 9.99. The summed E-state index contributed by atoms with van der Waals surface area (Å²) < 4.78 is 12.0. The van der Waals surface area contributed by atoms with Crippen LogP contribution in [0.3, 0.4) is 0 Å². The van der Waals surface area contributed by atoms with Gasteiger partial charge in [-0.05, 0) is 77.9 Å². The lowest BCUT2D eigenvalue weighted by Gasteiger charge is -2.27. The van der Waals surface area contributed by atoms with Crippen molar-refractivity contribution in [3.63, 3.8) is 0 Å². The molecular weight excluding hydrogens is 529 g/mol. The van der Waals surface area contributed by atoms with Crippen molar-refractivity contribution in [2.24, 2.45) is 0 Å². The Bertz CT molecular complexity index is 1000. The summed E-state index contributed by atoms with van der Waals surface area (Å²) >= 11 is 2.08. The molecule has 0 aliphatic carbocycles. The first-order valence-electron chi connectivity index (χ1n) is 9.47. The Labute approximate surface area is 198 Å². The van der Waals surface area contributed by atoms with E-state index < -0.39 is 24.2 Å². The van der Waals surface area contributed by atoms with E-state index in [4.69, 9.17) is 19.9 Å². The number of nitrogens with one attached hydrogen (secondary N) is 2. The van der Waals surface area contributed by atoms with Gasteiger partial charge >= 0.3 is 6.09 Å². The second kappa shape index (κ2) is 12.7. The third kappa shape index (κ3) is 7.52. The fourth-order valence-electron chi connectivity index (χ4n) is 2.86. The Morgan fingerprint density at radius 3 is 2.59 bits per heavy atom. The molecule has 0 saturated carbocycles. The number of hydrogen-bond donors (Lipinski definition) is 4. The van der Waals surface area contributed by atoms with Crippen molar-refractivity contribution in [3.05, 3.63) is 69.3 Å². The fraction of sp³-hybridized carbons (Fsp3) is 0.227. The molecule has 9 nitrogen and oxygen atoms in total. The molecule has 0 fully saturated rings. The molecule has 0 aromatic heterocycles. The highest BCUT2D eigenvalue weighted by Gasteiger charge is 2.29. The summed E-state index contributed by atoms with van der Waals surface area (Å²) in [5.41, 5.74) is 2.76. The van der Waals surface area contributed by atoms with Crippen LogP contribution in [-0.2, 0) is 14.3 Å². The van der Waals surface area contributed by atoms with E-state index in [1.54, 1.807) is 42.5 Å². The summed E-state index contributed by atoms with van der Waals surface area (Å²) in [5, 5.41) is 30.4. The number of benzene rings is 2. The van der Waals surface area contributed by atoms with E-state index in [1.165, 1.54) is 24.7 Å². The smallest absolute Gasteiger partial charge is 0.412 e. The molecule has 2 atom stereocenters. The Kier molecular flexibility index (Phi) is 9.93. The number of amides is 2. The predicted octanol–water partition coefficient (Wildman–Crippen LogP) is 4.02. The van der Waals surface area contributed by atoms with E-state index >= 15 is 0 Å². The SMILES string of the molecule is CO[C@H](CC/C=C/C(=O)NO)[C@H](OC(=O)Nc1ccc(C#N)cc1)c1cc(I)ccc1O. The number of nitrogens with zero attached hydrogens (tertiary/aromatic N) is 1. The number of hydroxylamine groups is 1. The number of nitriles is 1. The molecule has 4 N–H and O–H groups in total. The van der Waals surface area contributed by atoms with Gasteiger partial charge in [-0.15, -0.1) is 0 Å². The molecule has 2 aromatic rings. The Morgan fingerprint density at radius 1 is 1.25 bits per heavy atom. The molecule has 0 aliphatic heterocycles. The van der Waals surface area contributed by atoms with Crippen molar-refractivity contribution in [1.29, 1.82) is 5.26 Å². The molecule has 10 heteroatoms. The fourth-order valence-corrected chi connectivity index (χ4v) is 3.38. The summed E-state index contributed by atoms with van der Waals surface area (Å²) in [5.74, 6) is -0.720. The Hall–Kier alpha value is -3.14. The first kappa shape index (κ1) is 25.1. The molecule has 0 bridgehead atoms. The van der Waals surface area contributed by atoms with Crippen molar-refractivity contribution >= 4 is 40.3 Å². The van der Waals surface area contributed by atoms with Gasteiger partial charge in [0.25, 0.3) is 5.91 Å². The highest BCUT2D eigenvalue weighted by molar-refractivity contribution is 14.1. The normalized spacial score (nSPS) is 12.6. The molecule has 0 unspecified atom stereocenters. The predicted molar refractivity (Wildman–Crippen MR) is 124 cm³/mol. The average molecular weight is 551 g/mol. The standard InChI is InChI=1S/C22H22IN3O6/c1-31-19(4-2-3-5-20(28)26-30)21(17-12-15(23)8-11-18(17)27)32-22(29)25-16-9-6-14(13-24)7-10-16/h3,5-12,19,21,27,30H,2,4H2,1H3,(H,25,29)(H,26,28)/b5-3+/t19-,21-/m1/s1. The van der Waals surface area contributed by atoms with Gasteiger partial charge in [-0.1, -0.05) is 6.08 Å². The maximum absolute atomic E-state index is 12.6. The first-order valence-corrected chi connectivity index (χ1v) is 10.6. The quantitative estimate of drug-likeness (QED) is 0.160. The van der Waals surface area contributed by atoms with Crippen molar-refractivity contribution in [1.82, 2.24) is 5.48 Å². The topological polar surface area (TPSA) is 141 Å². The lowest BCUT2D eigenvalue weighted by Crippen LogP contribution is -2.28. The molecular formula is C22H22IN3O6. The molecule has 2 amide bonds. The second-order valence-electron chi connectivity index (χ2n) is 6.57. The highest BCUT2D eigenvalue weighted by Crippen LogP contribution is 2.34. The van der Waals surface area contributed by atoms with Crippen molar-refractivity contribution in [2.45, 2.75) is 25.0 Å². The van der Waals surface area contributed by atoms with Crippen LogP contribution in [0.15, 0.2) is 54.6 Å². The number of carbonyl (C=O) groups excluding carboxylic acids is 2. The van der Waals surface area contributed by atoms with Gasteiger partial charge in [0.05, 0.1) is 17.7 Å². The third-order valence-electron chi connectivity index (χ3n) is 4.43. The molecule has 2 aromatic carbocycles. The van der Waals surface area contributed by atoms with Gasteiger partial charge in [-0.3, -0.25) is 15.3 Å². The number of rotatable bonds is 9. The molecule has 32 heavy (non-hydrogen) atoms. The average Bonchev–Trinajstić information content (AvgIpc) is 2.80. The molecule has 168 valence electrons. The van der Waals surface area contributed by atoms with Crippen LogP contribution in [0.2, 0.25) is 0 Å². The van der Waals surface area contributed by atoms with Gasteiger partial charge < -0.3 is 14.6 Å². The maximum Gasteiger partial charge on any atom is 0.412 e. The van der Waals surface area contributed by atoms with E-state index in [2.05, 4.69) is 27.9 Å².